The Bertz CT molecular complexity index is 1380. The molecule has 0 aliphatic heterocycles. The summed E-state index contributed by atoms with van der Waals surface area (Å²) >= 11 is 0. The fourth-order valence-corrected chi connectivity index (χ4v) is 5.71. The average Bonchev–Trinajstić information content (AvgIpc) is 3.21. The van der Waals surface area contributed by atoms with E-state index in [2.05, 4.69) is 145 Å². The first kappa shape index (κ1) is 20.5. The third-order valence-corrected chi connectivity index (χ3v) is 7.22. The molecule has 5 aromatic rings. The van der Waals surface area contributed by atoms with E-state index in [0.29, 0.717) is 0 Å². The van der Waals surface area contributed by atoms with E-state index in [-0.39, 0.29) is 5.41 Å². The summed E-state index contributed by atoms with van der Waals surface area (Å²) in [6.45, 7) is 2.32. The van der Waals surface area contributed by atoms with Gasteiger partial charge in [-0.15, -0.1) is 0 Å². The molecule has 0 N–H and O–H groups in total. The average molecular weight is 438 g/mol. The van der Waals surface area contributed by atoms with Crippen molar-refractivity contribution in [2.24, 2.45) is 0 Å². The van der Waals surface area contributed by atoms with Gasteiger partial charge < -0.3 is 4.90 Å². The van der Waals surface area contributed by atoms with Gasteiger partial charge in [-0.2, -0.15) is 0 Å². The predicted molar refractivity (Wildman–Crippen MR) is 143 cm³/mol. The van der Waals surface area contributed by atoms with Gasteiger partial charge in [-0.05, 0) is 70.6 Å². The van der Waals surface area contributed by atoms with Crippen LogP contribution < -0.4 is 4.90 Å². The Kier molecular flexibility index (Phi) is 5.04. The molecule has 0 aromatic heterocycles. The van der Waals surface area contributed by atoms with Crippen LogP contribution in [0.4, 0.5) is 17.1 Å². The van der Waals surface area contributed by atoms with Crippen LogP contribution in [0.1, 0.15) is 30.0 Å². The van der Waals surface area contributed by atoms with E-state index in [0.717, 1.165) is 17.8 Å². The maximum absolute atomic E-state index is 2.42. The van der Waals surface area contributed by atoms with Crippen molar-refractivity contribution < 1.29 is 0 Å². The number of anilines is 3. The summed E-state index contributed by atoms with van der Waals surface area (Å²) in [6, 6.07) is 48.2. The highest BCUT2D eigenvalue weighted by atomic mass is 15.1. The Morgan fingerprint density at radius 2 is 1.03 bits per heavy atom. The van der Waals surface area contributed by atoms with Crippen LogP contribution >= 0.6 is 0 Å². The van der Waals surface area contributed by atoms with Crippen molar-refractivity contribution in [3.8, 4) is 11.1 Å². The zero-order chi connectivity index (χ0) is 23.0. The minimum atomic E-state index is -0.164. The van der Waals surface area contributed by atoms with Crippen molar-refractivity contribution in [2.75, 3.05) is 4.90 Å². The third kappa shape index (κ3) is 3.08. The first-order chi connectivity index (χ1) is 16.8. The number of nitrogens with zero attached hydrogens (tertiary/aromatic N) is 1. The van der Waals surface area contributed by atoms with Crippen LogP contribution in [0, 0.1) is 0 Å². The smallest absolute Gasteiger partial charge is 0.0465 e. The maximum atomic E-state index is 2.42. The van der Waals surface area contributed by atoms with E-state index in [1.165, 1.54) is 33.5 Å². The van der Waals surface area contributed by atoms with Crippen molar-refractivity contribution in [1.82, 2.24) is 0 Å². The molecule has 0 saturated carbocycles. The van der Waals surface area contributed by atoms with Crippen LogP contribution in [0.5, 0.6) is 0 Å². The topological polar surface area (TPSA) is 3.24 Å². The monoisotopic (exact) mass is 437 g/mol. The van der Waals surface area contributed by atoms with Crippen molar-refractivity contribution >= 4 is 17.1 Å². The summed E-state index contributed by atoms with van der Waals surface area (Å²) in [5.74, 6) is 0. The number of fused-ring (bicyclic) bond motifs is 3. The zero-order valence-electron chi connectivity index (χ0n) is 19.4. The van der Waals surface area contributed by atoms with E-state index in [9.17, 15) is 0 Å². The van der Waals surface area contributed by atoms with Gasteiger partial charge in [0.15, 0.2) is 0 Å². The van der Waals surface area contributed by atoms with Crippen molar-refractivity contribution in [3.63, 3.8) is 0 Å². The van der Waals surface area contributed by atoms with Crippen LogP contribution in [-0.4, -0.2) is 0 Å². The molecule has 0 bridgehead atoms. The molecular formula is C33H27N. The van der Waals surface area contributed by atoms with Gasteiger partial charge in [-0.1, -0.05) is 104 Å². The fourth-order valence-electron chi connectivity index (χ4n) is 5.71. The fraction of sp³-hybridized carbons (Fsp3) is 0.0909. The standard InChI is InChI=1S/C33H27N/c1-2-33(25-14-6-3-7-15-25)31-21-13-12-20-29(31)30-23-22-28(24-32(30)33)34(26-16-8-4-9-17-26)27-18-10-5-11-19-27/h3-24H,2H2,1H3. The number of rotatable bonds is 5. The molecule has 1 unspecified atom stereocenters. The minimum absolute atomic E-state index is 0.164. The highest BCUT2D eigenvalue weighted by Gasteiger charge is 2.43. The Morgan fingerprint density at radius 3 is 1.65 bits per heavy atom. The molecular weight excluding hydrogens is 410 g/mol. The van der Waals surface area contributed by atoms with Gasteiger partial charge >= 0.3 is 0 Å². The lowest BCUT2D eigenvalue weighted by Crippen LogP contribution is -2.26. The molecule has 6 rings (SSSR count). The molecule has 1 atom stereocenters. The molecule has 1 aliphatic carbocycles. The van der Waals surface area contributed by atoms with Crippen LogP contribution in [0.15, 0.2) is 133 Å². The lowest BCUT2D eigenvalue weighted by Gasteiger charge is -2.33. The van der Waals surface area contributed by atoms with Crippen molar-refractivity contribution in [3.05, 3.63) is 150 Å². The summed E-state index contributed by atoms with van der Waals surface area (Å²) in [4.78, 5) is 2.36. The lowest BCUT2D eigenvalue weighted by molar-refractivity contribution is 0.609. The van der Waals surface area contributed by atoms with E-state index in [4.69, 9.17) is 0 Å². The second-order valence-corrected chi connectivity index (χ2v) is 8.91. The molecule has 1 nitrogen and oxygen atoms in total. The minimum Gasteiger partial charge on any atom is -0.310 e. The molecule has 34 heavy (non-hydrogen) atoms. The second kappa shape index (κ2) is 8.35. The van der Waals surface area contributed by atoms with Gasteiger partial charge in [0, 0.05) is 22.5 Å². The second-order valence-electron chi connectivity index (χ2n) is 8.91. The Hall–Kier alpha value is -4.10. The van der Waals surface area contributed by atoms with Gasteiger partial charge in [-0.25, -0.2) is 0 Å². The highest BCUT2D eigenvalue weighted by Crippen LogP contribution is 2.55. The first-order valence-electron chi connectivity index (χ1n) is 12.0. The predicted octanol–water partition coefficient (Wildman–Crippen LogP) is 8.88. The molecule has 164 valence electrons. The Morgan fingerprint density at radius 1 is 0.500 bits per heavy atom. The largest absolute Gasteiger partial charge is 0.310 e. The van der Waals surface area contributed by atoms with E-state index in [1.54, 1.807) is 0 Å². The van der Waals surface area contributed by atoms with Crippen LogP contribution in [0.25, 0.3) is 11.1 Å². The number of para-hydroxylation sites is 2. The van der Waals surface area contributed by atoms with Crippen LogP contribution in [0.3, 0.4) is 0 Å². The highest BCUT2D eigenvalue weighted by molar-refractivity contribution is 5.87. The van der Waals surface area contributed by atoms with Gasteiger partial charge in [-0.3, -0.25) is 0 Å². The van der Waals surface area contributed by atoms with Crippen molar-refractivity contribution in [2.45, 2.75) is 18.8 Å². The molecule has 0 saturated heterocycles. The number of benzene rings is 5. The molecule has 0 spiro atoms. The van der Waals surface area contributed by atoms with E-state index in [1.807, 2.05) is 0 Å². The first-order valence-corrected chi connectivity index (χ1v) is 12.0. The lowest BCUT2D eigenvalue weighted by atomic mass is 9.70. The molecule has 5 aromatic carbocycles. The Labute approximate surface area is 202 Å². The summed E-state index contributed by atoms with van der Waals surface area (Å²) in [5, 5.41) is 0. The summed E-state index contributed by atoms with van der Waals surface area (Å²) in [7, 11) is 0. The van der Waals surface area contributed by atoms with Crippen molar-refractivity contribution in [1.29, 1.82) is 0 Å². The third-order valence-electron chi connectivity index (χ3n) is 7.22. The normalized spacial score (nSPS) is 16.0. The molecule has 0 radical (unpaired) electrons. The SMILES string of the molecule is CCC1(c2ccccc2)c2ccccc2-c2ccc(N(c3ccccc3)c3ccccc3)cc21. The van der Waals surface area contributed by atoms with E-state index >= 15 is 0 Å². The molecule has 1 heteroatoms. The summed E-state index contributed by atoms with van der Waals surface area (Å²) in [6.07, 6.45) is 1.00. The van der Waals surface area contributed by atoms with Gasteiger partial charge in [0.1, 0.15) is 0 Å². The quantitative estimate of drug-likeness (QED) is 0.265. The van der Waals surface area contributed by atoms with E-state index < -0.39 is 0 Å². The summed E-state index contributed by atoms with van der Waals surface area (Å²) in [5.41, 5.74) is 10.2. The van der Waals surface area contributed by atoms with Gasteiger partial charge in [0.25, 0.3) is 0 Å². The maximum Gasteiger partial charge on any atom is 0.0465 e. The van der Waals surface area contributed by atoms with Crippen LogP contribution in [0.2, 0.25) is 0 Å². The number of hydrogen-bond donors (Lipinski definition) is 0. The van der Waals surface area contributed by atoms with Gasteiger partial charge in [0.05, 0.1) is 0 Å². The molecule has 1 aliphatic rings. The number of hydrogen-bond acceptors (Lipinski definition) is 1. The Balaban J connectivity index is 1.61. The van der Waals surface area contributed by atoms with Gasteiger partial charge in [0.2, 0.25) is 0 Å². The molecule has 0 amide bonds. The van der Waals surface area contributed by atoms with Crippen LogP contribution in [-0.2, 0) is 5.41 Å². The molecule has 0 heterocycles. The summed E-state index contributed by atoms with van der Waals surface area (Å²) < 4.78 is 0. The molecule has 0 fully saturated rings. The zero-order valence-corrected chi connectivity index (χ0v) is 19.4.